The van der Waals surface area contributed by atoms with Crippen molar-refractivity contribution >= 4 is 23.3 Å². The molecule has 2 fully saturated rings. The average molecular weight is 429 g/mol. The molecule has 31 heavy (non-hydrogen) atoms. The number of amidine groups is 1. The second-order valence-corrected chi connectivity index (χ2v) is 10.4. The Morgan fingerprint density at radius 2 is 1.94 bits per heavy atom. The molecule has 3 aliphatic rings. The van der Waals surface area contributed by atoms with E-state index in [1.807, 2.05) is 39.0 Å². The molecule has 4 N–H and O–H groups in total. The molecule has 0 aliphatic carbocycles. The smallest absolute Gasteiger partial charge is 0.408 e. The van der Waals surface area contributed by atoms with Crippen molar-refractivity contribution in [3.8, 4) is 0 Å². The van der Waals surface area contributed by atoms with Gasteiger partial charge in [0.25, 0.3) is 0 Å². The number of carbonyl (C=O) groups is 1. The van der Waals surface area contributed by atoms with E-state index in [-0.39, 0.29) is 11.6 Å². The predicted octanol–water partition coefficient (Wildman–Crippen LogP) is 3.20. The lowest BCUT2D eigenvalue weighted by molar-refractivity contribution is 0.0469. The van der Waals surface area contributed by atoms with Crippen molar-refractivity contribution in [1.29, 1.82) is 0 Å². The number of alkyl carbamates (subject to hydrolysis) is 1. The van der Waals surface area contributed by atoms with Crippen LogP contribution in [0, 0.1) is 0 Å². The van der Waals surface area contributed by atoms with Gasteiger partial charge in [0, 0.05) is 43.1 Å². The molecule has 0 aromatic heterocycles. The minimum absolute atomic E-state index is 0.376. The van der Waals surface area contributed by atoms with E-state index < -0.39 is 11.4 Å². The van der Waals surface area contributed by atoms with Crippen LogP contribution in [-0.2, 0) is 4.74 Å². The average Bonchev–Trinajstić information content (AvgIpc) is 3.29. The number of hydrogen-bond donors (Lipinski definition) is 3. The molecule has 8 nitrogen and oxygen atoms in total. The van der Waals surface area contributed by atoms with Crippen molar-refractivity contribution in [1.82, 2.24) is 15.1 Å². The summed E-state index contributed by atoms with van der Waals surface area (Å²) >= 11 is 0. The summed E-state index contributed by atoms with van der Waals surface area (Å²) < 4.78 is 5.49. The van der Waals surface area contributed by atoms with Crippen LogP contribution in [-0.4, -0.2) is 64.8 Å². The zero-order chi connectivity index (χ0) is 22.4. The van der Waals surface area contributed by atoms with E-state index in [9.17, 15) is 4.79 Å². The number of anilines is 2. The first-order chi connectivity index (χ1) is 14.5. The molecule has 170 valence electrons. The number of fused-ring (bicyclic) bond motifs is 1. The summed E-state index contributed by atoms with van der Waals surface area (Å²) in [5.41, 5.74) is 7.99. The predicted molar refractivity (Wildman–Crippen MR) is 124 cm³/mol. The van der Waals surface area contributed by atoms with Crippen molar-refractivity contribution in [2.45, 2.75) is 70.8 Å². The van der Waals surface area contributed by atoms with Crippen LogP contribution in [0.1, 0.15) is 59.4 Å². The Labute approximate surface area is 185 Å². The third-order valence-electron chi connectivity index (χ3n) is 6.28. The Balaban J connectivity index is 1.59. The number of likely N-dealkylation sites (tertiary alicyclic amines) is 2. The Kier molecular flexibility index (Phi) is 5.32. The second-order valence-electron chi connectivity index (χ2n) is 10.4. The SMILES string of the molecule is CC(C)(C)OC(=O)N[C@]1(C)CCN(C2=NC(C)(N3CCCC3)Nc3cc(N)ccc32)C1. The van der Waals surface area contributed by atoms with Gasteiger partial charge in [0.05, 0.1) is 5.54 Å². The summed E-state index contributed by atoms with van der Waals surface area (Å²) in [6.45, 7) is 13.4. The lowest BCUT2D eigenvalue weighted by atomic mass is 10.0. The van der Waals surface area contributed by atoms with Gasteiger partial charge in [-0.3, -0.25) is 4.90 Å². The van der Waals surface area contributed by atoms with Gasteiger partial charge in [0.15, 0.2) is 5.79 Å². The van der Waals surface area contributed by atoms with E-state index in [1.54, 1.807) is 0 Å². The van der Waals surface area contributed by atoms with E-state index in [0.717, 1.165) is 48.8 Å². The first kappa shape index (κ1) is 21.7. The van der Waals surface area contributed by atoms with Crippen LogP contribution in [0.4, 0.5) is 16.2 Å². The van der Waals surface area contributed by atoms with Gasteiger partial charge in [0.1, 0.15) is 11.4 Å². The van der Waals surface area contributed by atoms with Gasteiger partial charge in [-0.05, 0) is 72.1 Å². The molecule has 2 atom stereocenters. The molecule has 0 saturated carbocycles. The largest absolute Gasteiger partial charge is 0.444 e. The van der Waals surface area contributed by atoms with Gasteiger partial charge in [-0.2, -0.15) is 0 Å². The van der Waals surface area contributed by atoms with Gasteiger partial charge < -0.3 is 26.0 Å². The van der Waals surface area contributed by atoms with E-state index in [0.29, 0.717) is 6.54 Å². The first-order valence-electron chi connectivity index (χ1n) is 11.3. The van der Waals surface area contributed by atoms with Crippen LogP contribution in [0.15, 0.2) is 23.2 Å². The number of rotatable bonds is 2. The molecule has 1 aromatic carbocycles. The molecule has 0 radical (unpaired) electrons. The molecule has 2 saturated heterocycles. The highest BCUT2D eigenvalue weighted by atomic mass is 16.6. The number of benzene rings is 1. The monoisotopic (exact) mass is 428 g/mol. The van der Waals surface area contributed by atoms with Crippen LogP contribution >= 0.6 is 0 Å². The van der Waals surface area contributed by atoms with Crippen LogP contribution in [0.3, 0.4) is 0 Å². The highest BCUT2D eigenvalue weighted by Gasteiger charge is 2.42. The maximum Gasteiger partial charge on any atom is 0.408 e. The molecule has 4 rings (SSSR count). The third-order valence-corrected chi connectivity index (χ3v) is 6.28. The number of carbonyl (C=O) groups excluding carboxylic acids is 1. The Bertz CT molecular complexity index is 889. The van der Waals surface area contributed by atoms with E-state index in [2.05, 4.69) is 34.3 Å². The van der Waals surface area contributed by atoms with Crippen LogP contribution in [0.5, 0.6) is 0 Å². The van der Waals surface area contributed by atoms with Gasteiger partial charge in [-0.25, -0.2) is 9.79 Å². The van der Waals surface area contributed by atoms with Gasteiger partial charge >= 0.3 is 6.09 Å². The molecule has 3 aliphatic heterocycles. The molecular weight excluding hydrogens is 392 g/mol. The lowest BCUT2D eigenvalue weighted by Gasteiger charge is -2.42. The van der Waals surface area contributed by atoms with Crippen LogP contribution in [0.25, 0.3) is 0 Å². The molecule has 1 unspecified atom stereocenters. The maximum absolute atomic E-state index is 12.4. The zero-order valence-electron chi connectivity index (χ0n) is 19.4. The Morgan fingerprint density at radius 3 is 2.61 bits per heavy atom. The van der Waals surface area contributed by atoms with E-state index in [4.69, 9.17) is 15.5 Å². The van der Waals surface area contributed by atoms with Crippen LogP contribution < -0.4 is 16.4 Å². The van der Waals surface area contributed by atoms with Crippen molar-refractivity contribution < 1.29 is 9.53 Å². The minimum atomic E-state index is -0.520. The zero-order valence-corrected chi connectivity index (χ0v) is 19.4. The number of hydrogen-bond acceptors (Lipinski definition) is 7. The fraction of sp³-hybridized carbons (Fsp3) is 0.652. The van der Waals surface area contributed by atoms with E-state index in [1.165, 1.54) is 12.8 Å². The number of aliphatic imine (C=N–C) groups is 1. The second kappa shape index (κ2) is 7.58. The molecule has 8 heteroatoms. The number of nitrogens with two attached hydrogens (primary N) is 1. The summed E-state index contributed by atoms with van der Waals surface area (Å²) in [6.07, 6.45) is 2.82. The first-order valence-corrected chi connectivity index (χ1v) is 11.3. The van der Waals surface area contributed by atoms with Gasteiger partial charge in [-0.15, -0.1) is 0 Å². The topological polar surface area (TPSA) is 95.2 Å². The van der Waals surface area contributed by atoms with Gasteiger partial charge in [0.2, 0.25) is 0 Å². The highest BCUT2D eigenvalue weighted by molar-refractivity contribution is 6.06. The summed E-state index contributed by atoms with van der Waals surface area (Å²) in [5, 5.41) is 6.72. The molecule has 0 spiro atoms. The standard InChI is InChI=1S/C23H36N6O2/c1-21(2,3)31-20(30)27-22(4)10-13-28(15-22)19-17-9-8-16(24)14-18(17)25-23(5,26-19)29-11-6-7-12-29/h8-9,14,25H,6-7,10-13,15,24H2,1-5H3,(H,27,30)/t22-,23?/m1/s1. The summed E-state index contributed by atoms with van der Waals surface area (Å²) in [6, 6.07) is 5.95. The maximum atomic E-state index is 12.4. The van der Waals surface area contributed by atoms with Crippen molar-refractivity contribution in [2.24, 2.45) is 4.99 Å². The summed E-state index contributed by atoms with van der Waals surface area (Å²) in [4.78, 5) is 22.3. The fourth-order valence-corrected chi connectivity index (χ4v) is 4.75. The number of nitrogen functional groups attached to an aromatic ring is 1. The highest BCUT2D eigenvalue weighted by Crippen LogP contribution is 2.36. The fourth-order valence-electron chi connectivity index (χ4n) is 4.75. The molecule has 3 heterocycles. The summed E-state index contributed by atoms with van der Waals surface area (Å²) in [5.74, 6) is 0.447. The quantitative estimate of drug-likeness (QED) is 0.626. The Morgan fingerprint density at radius 1 is 1.23 bits per heavy atom. The minimum Gasteiger partial charge on any atom is -0.444 e. The van der Waals surface area contributed by atoms with Crippen molar-refractivity contribution in [3.05, 3.63) is 23.8 Å². The van der Waals surface area contributed by atoms with Crippen molar-refractivity contribution in [2.75, 3.05) is 37.2 Å². The molecule has 1 aromatic rings. The van der Waals surface area contributed by atoms with Crippen molar-refractivity contribution in [3.63, 3.8) is 0 Å². The number of amides is 1. The number of ether oxygens (including phenoxy) is 1. The van der Waals surface area contributed by atoms with Gasteiger partial charge in [-0.1, -0.05) is 0 Å². The van der Waals surface area contributed by atoms with Crippen LogP contribution in [0.2, 0.25) is 0 Å². The third kappa shape index (κ3) is 4.59. The molecule has 1 amide bonds. The normalized spacial score (nSPS) is 28.7. The summed E-state index contributed by atoms with van der Waals surface area (Å²) in [7, 11) is 0. The Hall–Kier alpha value is -2.48. The molecule has 0 bridgehead atoms. The molecular formula is C23H36N6O2. The van der Waals surface area contributed by atoms with E-state index >= 15 is 0 Å². The number of nitrogens with one attached hydrogen (secondary N) is 2. The lowest BCUT2D eigenvalue weighted by Crippen LogP contribution is -2.54. The number of nitrogens with zero attached hydrogens (tertiary/aromatic N) is 3.